The second-order valence-electron chi connectivity index (χ2n) is 3.43. The smallest absolute Gasteiger partial charge is 0.321 e. The molecular weight excluding hydrogens is 230 g/mol. The molecule has 3 unspecified atom stereocenters. The third kappa shape index (κ3) is 4.71. The topological polar surface area (TPSA) is 101 Å². The molecule has 0 bridgehead atoms. The summed E-state index contributed by atoms with van der Waals surface area (Å²) in [5.74, 6) is -0.540. The van der Waals surface area contributed by atoms with Crippen LogP contribution < -0.4 is 16.4 Å². The highest BCUT2D eigenvalue weighted by molar-refractivity contribution is 7.87. The van der Waals surface area contributed by atoms with Crippen molar-refractivity contribution >= 4 is 22.7 Å². The van der Waals surface area contributed by atoms with E-state index in [9.17, 15) is 13.8 Å². The molecule has 94 valence electrons. The molecule has 0 aromatic heterocycles. The molecule has 0 aliphatic rings. The molecule has 0 fully saturated rings. The molecule has 0 aliphatic heterocycles. The highest BCUT2D eigenvalue weighted by atomic mass is 32.2. The molecule has 0 radical (unpaired) electrons. The van der Waals surface area contributed by atoms with Gasteiger partial charge in [0.1, 0.15) is 5.25 Å². The van der Waals surface area contributed by atoms with Crippen molar-refractivity contribution in [2.45, 2.75) is 30.8 Å². The van der Waals surface area contributed by atoms with Crippen LogP contribution >= 0.6 is 0 Å². The fourth-order valence-corrected chi connectivity index (χ4v) is 2.42. The molecule has 7 heteroatoms. The van der Waals surface area contributed by atoms with E-state index in [1.807, 2.05) is 0 Å². The first-order valence-electron chi connectivity index (χ1n) is 5.06. The SMILES string of the molecule is CNC(=O)NC(=O)C(C)S(=O)C(C)CCN. The lowest BCUT2D eigenvalue weighted by Gasteiger charge is -2.15. The Balaban J connectivity index is 4.32. The fraction of sp³-hybridized carbons (Fsp3) is 0.778. The number of carbonyl (C=O) groups is 2. The summed E-state index contributed by atoms with van der Waals surface area (Å²) in [5.41, 5.74) is 5.35. The number of amides is 3. The van der Waals surface area contributed by atoms with Crippen LogP contribution in [0, 0.1) is 0 Å². The monoisotopic (exact) mass is 249 g/mol. The number of nitrogens with two attached hydrogens (primary N) is 1. The maximum Gasteiger partial charge on any atom is 0.321 e. The Hall–Kier alpha value is -0.950. The average Bonchev–Trinajstić information content (AvgIpc) is 2.26. The van der Waals surface area contributed by atoms with Gasteiger partial charge in [-0.1, -0.05) is 6.92 Å². The van der Waals surface area contributed by atoms with Gasteiger partial charge < -0.3 is 11.1 Å². The summed E-state index contributed by atoms with van der Waals surface area (Å²) >= 11 is 0. The third-order valence-corrected chi connectivity index (χ3v) is 4.09. The Kier molecular flexibility index (Phi) is 6.91. The lowest BCUT2D eigenvalue weighted by atomic mass is 10.3. The van der Waals surface area contributed by atoms with E-state index in [1.54, 1.807) is 6.92 Å². The lowest BCUT2D eigenvalue weighted by molar-refractivity contribution is -0.119. The molecule has 6 nitrogen and oxygen atoms in total. The number of hydrogen-bond donors (Lipinski definition) is 3. The van der Waals surface area contributed by atoms with Gasteiger partial charge in [-0.05, 0) is 19.9 Å². The number of carbonyl (C=O) groups excluding carboxylic acids is 2. The van der Waals surface area contributed by atoms with E-state index in [0.717, 1.165) is 0 Å². The van der Waals surface area contributed by atoms with Crippen molar-refractivity contribution in [3.8, 4) is 0 Å². The van der Waals surface area contributed by atoms with Crippen LogP contribution in [0.4, 0.5) is 4.79 Å². The summed E-state index contributed by atoms with van der Waals surface area (Å²) < 4.78 is 11.8. The highest BCUT2D eigenvalue weighted by Gasteiger charge is 2.25. The minimum absolute atomic E-state index is 0.157. The fourth-order valence-electron chi connectivity index (χ4n) is 1.08. The largest absolute Gasteiger partial charge is 0.341 e. The van der Waals surface area contributed by atoms with Crippen LogP contribution in [0.1, 0.15) is 20.3 Å². The van der Waals surface area contributed by atoms with Gasteiger partial charge in [0.25, 0.3) is 0 Å². The zero-order valence-electron chi connectivity index (χ0n) is 9.78. The van der Waals surface area contributed by atoms with Gasteiger partial charge in [-0.25, -0.2) is 4.79 Å². The maximum atomic E-state index is 11.8. The van der Waals surface area contributed by atoms with Crippen LogP contribution in [0.25, 0.3) is 0 Å². The first-order chi connectivity index (χ1) is 7.43. The summed E-state index contributed by atoms with van der Waals surface area (Å²) in [6, 6.07) is -0.597. The Morgan fingerprint density at radius 1 is 1.38 bits per heavy atom. The molecular formula is C9H19N3O3S. The molecule has 3 amide bonds. The molecule has 0 aromatic rings. The number of urea groups is 1. The number of rotatable bonds is 5. The normalized spacial score (nSPS) is 16.0. The number of nitrogens with one attached hydrogen (secondary N) is 2. The van der Waals surface area contributed by atoms with Gasteiger partial charge in [0.15, 0.2) is 0 Å². The molecule has 0 saturated heterocycles. The quantitative estimate of drug-likeness (QED) is 0.600. The molecule has 0 rings (SSSR count). The van der Waals surface area contributed by atoms with E-state index in [1.165, 1.54) is 14.0 Å². The van der Waals surface area contributed by atoms with Crippen LogP contribution in [0.3, 0.4) is 0 Å². The average molecular weight is 249 g/mol. The van der Waals surface area contributed by atoms with Crippen LogP contribution in [0.2, 0.25) is 0 Å². The van der Waals surface area contributed by atoms with Gasteiger partial charge in [-0.3, -0.25) is 14.3 Å². The minimum Gasteiger partial charge on any atom is -0.341 e. The van der Waals surface area contributed by atoms with Gasteiger partial charge in [-0.15, -0.1) is 0 Å². The van der Waals surface area contributed by atoms with Crippen molar-refractivity contribution in [2.75, 3.05) is 13.6 Å². The van der Waals surface area contributed by atoms with E-state index < -0.39 is 28.0 Å². The minimum atomic E-state index is -1.33. The van der Waals surface area contributed by atoms with Crippen LogP contribution in [0.5, 0.6) is 0 Å². The van der Waals surface area contributed by atoms with Crippen molar-refractivity contribution in [3.05, 3.63) is 0 Å². The van der Waals surface area contributed by atoms with Crippen molar-refractivity contribution in [3.63, 3.8) is 0 Å². The second-order valence-corrected chi connectivity index (χ2v) is 5.60. The summed E-state index contributed by atoms with van der Waals surface area (Å²) in [7, 11) is 0.0741. The molecule has 0 aliphatic carbocycles. The van der Waals surface area contributed by atoms with E-state index >= 15 is 0 Å². The van der Waals surface area contributed by atoms with Gasteiger partial charge in [0, 0.05) is 23.1 Å². The molecule has 4 N–H and O–H groups in total. The summed E-state index contributed by atoms with van der Waals surface area (Å²) in [5, 5.41) is 3.47. The van der Waals surface area contributed by atoms with Crippen molar-refractivity contribution in [2.24, 2.45) is 5.73 Å². The summed E-state index contributed by atoms with van der Waals surface area (Å²) in [4.78, 5) is 22.3. The first-order valence-corrected chi connectivity index (χ1v) is 6.33. The number of imide groups is 1. The zero-order chi connectivity index (χ0) is 12.7. The lowest BCUT2D eigenvalue weighted by Crippen LogP contribution is -2.44. The molecule has 0 heterocycles. The zero-order valence-corrected chi connectivity index (χ0v) is 10.6. The molecule has 3 atom stereocenters. The second kappa shape index (κ2) is 7.34. The predicted octanol–water partition coefficient (Wildman–Crippen LogP) is -0.683. The highest BCUT2D eigenvalue weighted by Crippen LogP contribution is 2.07. The Bertz CT molecular complexity index is 283. The first kappa shape index (κ1) is 15.0. The van der Waals surface area contributed by atoms with Crippen molar-refractivity contribution < 1.29 is 13.8 Å². The Labute approximate surface area is 97.8 Å². The van der Waals surface area contributed by atoms with Crippen molar-refractivity contribution in [1.29, 1.82) is 0 Å². The van der Waals surface area contributed by atoms with Gasteiger partial charge in [-0.2, -0.15) is 0 Å². The Morgan fingerprint density at radius 3 is 2.38 bits per heavy atom. The molecule has 0 saturated carbocycles. The van der Waals surface area contributed by atoms with E-state index in [4.69, 9.17) is 5.73 Å². The predicted molar refractivity (Wildman–Crippen MR) is 63.3 cm³/mol. The van der Waals surface area contributed by atoms with Gasteiger partial charge >= 0.3 is 6.03 Å². The van der Waals surface area contributed by atoms with Crippen LogP contribution in [-0.4, -0.2) is 40.2 Å². The molecule has 0 spiro atoms. The van der Waals surface area contributed by atoms with Gasteiger partial charge in [0.2, 0.25) is 5.91 Å². The summed E-state index contributed by atoms with van der Waals surface area (Å²) in [6.07, 6.45) is 0.588. The van der Waals surface area contributed by atoms with Crippen LogP contribution in [0.15, 0.2) is 0 Å². The van der Waals surface area contributed by atoms with Crippen LogP contribution in [-0.2, 0) is 15.6 Å². The maximum absolute atomic E-state index is 11.8. The van der Waals surface area contributed by atoms with E-state index in [0.29, 0.717) is 13.0 Å². The van der Waals surface area contributed by atoms with E-state index in [2.05, 4.69) is 10.6 Å². The summed E-state index contributed by atoms with van der Waals surface area (Å²) in [6.45, 7) is 3.73. The standard InChI is InChI=1S/C9H19N3O3S/c1-6(4-5-10)16(15)7(2)8(13)12-9(14)11-3/h6-7H,4-5,10H2,1-3H3,(H2,11,12,13,14). The molecule has 16 heavy (non-hydrogen) atoms. The van der Waals surface area contributed by atoms with E-state index in [-0.39, 0.29) is 5.25 Å². The Morgan fingerprint density at radius 2 is 1.94 bits per heavy atom. The van der Waals surface area contributed by atoms with Crippen molar-refractivity contribution in [1.82, 2.24) is 10.6 Å². The molecule has 0 aromatic carbocycles. The van der Waals surface area contributed by atoms with Gasteiger partial charge in [0.05, 0.1) is 0 Å². The number of hydrogen-bond acceptors (Lipinski definition) is 4. The third-order valence-electron chi connectivity index (χ3n) is 2.15.